The molecule has 2 heterocycles. The molecule has 160 valence electrons. The topological polar surface area (TPSA) is 64.9 Å². The number of methoxy groups -OCH3 is 1. The highest BCUT2D eigenvalue weighted by molar-refractivity contribution is 7.19. The lowest BCUT2D eigenvalue weighted by Crippen LogP contribution is -2.07. The summed E-state index contributed by atoms with van der Waals surface area (Å²) >= 11 is 1.30. The minimum atomic E-state index is -0.356. The smallest absolute Gasteiger partial charge is 0.350 e. The molecule has 1 N–H and O–H groups in total. The summed E-state index contributed by atoms with van der Waals surface area (Å²) in [4.78, 5) is 18.4. The molecule has 2 aromatic carbocycles. The van der Waals surface area contributed by atoms with Crippen LogP contribution in [-0.2, 0) is 11.3 Å². The summed E-state index contributed by atoms with van der Waals surface area (Å²) in [7, 11) is 1.62. The van der Waals surface area contributed by atoms with Crippen molar-refractivity contribution in [1.29, 1.82) is 0 Å². The molecule has 0 saturated carbocycles. The summed E-state index contributed by atoms with van der Waals surface area (Å²) in [6.45, 7) is 4.44. The second-order valence-electron chi connectivity index (χ2n) is 6.87. The SMILES string of the molecule is CCOC(=O)c1sc2nc(-c3ccc(OC)cc3)c(NCc3ccc(F)cc3)n2c1C. The van der Waals surface area contributed by atoms with Crippen LogP contribution in [0.15, 0.2) is 48.5 Å². The normalized spacial score (nSPS) is 11.0. The number of carbonyl (C=O) groups excluding carboxylic acids is 1. The minimum absolute atomic E-state index is 0.276. The van der Waals surface area contributed by atoms with Crippen molar-refractivity contribution in [3.63, 3.8) is 0 Å². The van der Waals surface area contributed by atoms with Crippen LogP contribution in [-0.4, -0.2) is 29.1 Å². The highest BCUT2D eigenvalue weighted by Crippen LogP contribution is 2.35. The molecule has 4 rings (SSSR count). The summed E-state index contributed by atoms with van der Waals surface area (Å²) in [6, 6.07) is 14.0. The van der Waals surface area contributed by atoms with E-state index >= 15 is 0 Å². The molecule has 0 bridgehead atoms. The maximum Gasteiger partial charge on any atom is 0.350 e. The minimum Gasteiger partial charge on any atom is -0.497 e. The highest BCUT2D eigenvalue weighted by Gasteiger charge is 2.23. The zero-order valence-electron chi connectivity index (χ0n) is 17.4. The van der Waals surface area contributed by atoms with E-state index in [1.165, 1.54) is 23.5 Å². The van der Waals surface area contributed by atoms with Crippen LogP contribution in [0, 0.1) is 12.7 Å². The second kappa shape index (κ2) is 8.77. The lowest BCUT2D eigenvalue weighted by molar-refractivity contribution is 0.0531. The number of aryl methyl sites for hydroxylation is 1. The van der Waals surface area contributed by atoms with E-state index in [9.17, 15) is 9.18 Å². The Morgan fingerprint density at radius 3 is 2.52 bits per heavy atom. The number of rotatable bonds is 7. The fourth-order valence-corrected chi connectivity index (χ4v) is 4.35. The fourth-order valence-electron chi connectivity index (χ4n) is 3.33. The summed E-state index contributed by atoms with van der Waals surface area (Å²) in [5.41, 5.74) is 3.35. The van der Waals surface area contributed by atoms with Crippen molar-refractivity contribution < 1.29 is 18.7 Å². The molecule has 0 fully saturated rings. The Balaban J connectivity index is 1.78. The molecule has 31 heavy (non-hydrogen) atoms. The molecule has 2 aromatic heterocycles. The van der Waals surface area contributed by atoms with Crippen LogP contribution in [0.25, 0.3) is 16.2 Å². The number of thiazole rings is 1. The Hall–Kier alpha value is -3.39. The van der Waals surface area contributed by atoms with Gasteiger partial charge < -0.3 is 14.8 Å². The van der Waals surface area contributed by atoms with E-state index in [-0.39, 0.29) is 11.8 Å². The van der Waals surface area contributed by atoms with Gasteiger partial charge in [0, 0.05) is 17.8 Å². The first-order valence-electron chi connectivity index (χ1n) is 9.83. The van der Waals surface area contributed by atoms with E-state index in [4.69, 9.17) is 14.5 Å². The van der Waals surface area contributed by atoms with Gasteiger partial charge in [-0.3, -0.25) is 4.40 Å². The standard InChI is InChI=1S/C23H22FN3O3S/c1-4-30-22(28)20-14(2)27-21(25-13-15-5-9-17(24)10-6-15)19(26-23(27)31-20)16-7-11-18(29-3)12-8-16/h5-12,25H,4,13H2,1-3H3. The van der Waals surface area contributed by atoms with Gasteiger partial charge in [-0.1, -0.05) is 23.5 Å². The Kier molecular flexibility index (Phi) is 5.90. The number of carbonyl (C=O) groups is 1. The molecule has 0 amide bonds. The lowest BCUT2D eigenvalue weighted by Gasteiger charge is -2.10. The Bertz CT molecular complexity index is 1210. The summed E-state index contributed by atoms with van der Waals surface area (Å²) < 4.78 is 25.6. The number of hydrogen-bond donors (Lipinski definition) is 1. The van der Waals surface area contributed by atoms with Crippen LogP contribution in [0.2, 0.25) is 0 Å². The number of halogens is 1. The summed E-state index contributed by atoms with van der Waals surface area (Å²) in [6.07, 6.45) is 0. The van der Waals surface area contributed by atoms with Gasteiger partial charge in [0.2, 0.25) is 0 Å². The van der Waals surface area contributed by atoms with Crippen molar-refractivity contribution in [3.05, 3.63) is 70.5 Å². The van der Waals surface area contributed by atoms with Crippen molar-refractivity contribution in [2.45, 2.75) is 20.4 Å². The molecule has 8 heteroatoms. The van der Waals surface area contributed by atoms with Crippen molar-refractivity contribution in [2.24, 2.45) is 0 Å². The van der Waals surface area contributed by atoms with E-state index in [0.717, 1.165) is 34.1 Å². The number of anilines is 1. The van der Waals surface area contributed by atoms with Crippen molar-refractivity contribution in [3.8, 4) is 17.0 Å². The zero-order valence-corrected chi connectivity index (χ0v) is 18.3. The molecule has 0 saturated heterocycles. The molecule has 0 atom stereocenters. The summed E-state index contributed by atoms with van der Waals surface area (Å²) in [5, 5.41) is 3.43. The van der Waals surface area contributed by atoms with Gasteiger partial charge in [-0.2, -0.15) is 0 Å². The Morgan fingerprint density at radius 1 is 1.16 bits per heavy atom. The zero-order chi connectivity index (χ0) is 22.0. The molecule has 0 aliphatic heterocycles. The van der Waals surface area contributed by atoms with Crippen LogP contribution < -0.4 is 10.1 Å². The first kappa shape index (κ1) is 20.9. The largest absolute Gasteiger partial charge is 0.497 e. The average molecular weight is 440 g/mol. The molecular weight excluding hydrogens is 417 g/mol. The fraction of sp³-hybridized carbons (Fsp3) is 0.217. The maximum atomic E-state index is 13.3. The van der Waals surface area contributed by atoms with E-state index in [1.54, 1.807) is 26.2 Å². The number of nitrogens with zero attached hydrogens (tertiary/aromatic N) is 2. The first-order chi connectivity index (χ1) is 15.0. The van der Waals surface area contributed by atoms with Gasteiger partial charge in [0.15, 0.2) is 4.96 Å². The van der Waals surface area contributed by atoms with E-state index in [1.807, 2.05) is 35.6 Å². The summed E-state index contributed by atoms with van der Waals surface area (Å²) in [5.74, 6) is 0.883. The molecule has 0 aliphatic rings. The molecule has 4 aromatic rings. The van der Waals surface area contributed by atoms with Gasteiger partial charge in [-0.05, 0) is 55.8 Å². The molecule has 0 spiro atoms. The second-order valence-corrected chi connectivity index (χ2v) is 7.85. The average Bonchev–Trinajstić information content (AvgIpc) is 3.30. The number of aromatic nitrogens is 2. The van der Waals surface area contributed by atoms with Gasteiger partial charge in [0.1, 0.15) is 28.0 Å². The van der Waals surface area contributed by atoms with Crippen LogP contribution in [0.5, 0.6) is 5.75 Å². The van der Waals surface area contributed by atoms with E-state index < -0.39 is 0 Å². The number of hydrogen-bond acceptors (Lipinski definition) is 6. The third kappa shape index (κ3) is 4.11. The molecule has 0 radical (unpaired) electrons. The number of fused-ring (bicyclic) bond motifs is 1. The predicted octanol–water partition coefficient (Wildman–Crippen LogP) is 5.31. The molecular formula is C23H22FN3O3S. The van der Waals surface area contributed by atoms with Crippen LogP contribution in [0.3, 0.4) is 0 Å². The monoisotopic (exact) mass is 439 g/mol. The van der Waals surface area contributed by atoms with Crippen molar-refractivity contribution in [1.82, 2.24) is 9.38 Å². The van der Waals surface area contributed by atoms with Gasteiger partial charge in [0.25, 0.3) is 0 Å². The Morgan fingerprint density at radius 2 is 1.87 bits per heavy atom. The number of nitrogens with one attached hydrogen (secondary N) is 1. The number of benzene rings is 2. The van der Waals surface area contributed by atoms with Crippen LogP contribution >= 0.6 is 11.3 Å². The lowest BCUT2D eigenvalue weighted by atomic mass is 10.1. The number of imidazole rings is 1. The number of ether oxygens (including phenoxy) is 2. The first-order valence-corrected chi connectivity index (χ1v) is 10.6. The van der Waals surface area contributed by atoms with Crippen molar-refractivity contribution in [2.75, 3.05) is 19.0 Å². The van der Waals surface area contributed by atoms with Crippen molar-refractivity contribution >= 4 is 28.1 Å². The predicted molar refractivity (Wildman–Crippen MR) is 119 cm³/mol. The van der Waals surface area contributed by atoms with Gasteiger partial charge in [0.05, 0.1) is 13.7 Å². The third-order valence-corrected chi connectivity index (χ3v) is 6.02. The van der Waals surface area contributed by atoms with Crippen LogP contribution in [0.4, 0.5) is 10.2 Å². The molecule has 0 aliphatic carbocycles. The molecule has 6 nitrogen and oxygen atoms in total. The number of esters is 1. The van der Waals surface area contributed by atoms with E-state index in [2.05, 4.69) is 5.32 Å². The quantitative estimate of drug-likeness (QED) is 0.396. The van der Waals surface area contributed by atoms with Gasteiger partial charge in [-0.15, -0.1) is 0 Å². The van der Waals surface area contributed by atoms with Gasteiger partial charge >= 0.3 is 5.97 Å². The Labute approximate surface area is 183 Å². The van der Waals surface area contributed by atoms with E-state index in [0.29, 0.717) is 23.0 Å². The van der Waals surface area contributed by atoms with Crippen LogP contribution in [0.1, 0.15) is 27.9 Å². The maximum absolute atomic E-state index is 13.3. The highest BCUT2D eigenvalue weighted by atomic mass is 32.1. The van der Waals surface area contributed by atoms with Gasteiger partial charge in [-0.25, -0.2) is 14.2 Å². The third-order valence-electron chi connectivity index (χ3n) is 4.90. The molecule has 0 unspecified atom stereocenters.